The molecule has 2 saturated heterocycles. The van der Waals surface area contributed by atoms with Crippen LogP contribution in [0.2, 0.25) is 0 Å². The van der Waals surface area contributed by atoms with Gasteiger partial charge in [-0.05, 0) is 71.9 Å². The lowest BCUT2D eigenvalue weighted by Gasteiger charge is -2.27. The fourth-order valence-electron chi connectivity index (χ4n) is 2.96. The highest BCUT2D eigenvalue weighted by molar-refractivity contribution is 9.10. The number of hydrogen-bond acceptors (Lipinski definition) is 4. The van der Waals surface area contributed by atoms with Crippen LogP contribution in [0.5, 0.6) is 5.75 Å². The second kappa shape index (κ2) is 6.26. The van der Waals surface area contributed by atoms with E-state index in [2.05, 4.69) is 33.4 Å². The summed E-state index contributed by atoms with van der Waals surface area (Å²) >= 11 is 3.53. The molecule has 3 rings (SSSR count). The van der Waals surface area contributed by atoms with Crippen molar-refractivity contribution >= 4 is 25.8 Å². The molecule has 1 atom stereocenters. The first-order chi connectivity index (χ1) is 10.0. The van der Waals surface area contributed by atoms with Crippen LogP contribution in [0.1, 0.15) is 18.4 Å². The van der Waals surface area contributed by atoms with Crippen LogP contribution in [0.25, 0.3) is 0 Å². The van der Waals surface area contributed by atoms with E-state index in [0.29, 0.717) is 5.92 Å². The van der Waals surface area contributed by atoms with Gasteiger partial charge in [-0.25, -0.2) is 8.42 Å². The molecule has 0 radical (unpaired) electrons. The lowest BCUT2D eigenvalue weighted by molar-refractivity contribution is 0.229. The van der Waals surface area contributed by atoms with Crippen molar-refractivity contribution in [2.24, 2.45) is 5.92 Å². The van der Waals surface area contributed by atoms with Gasteiger partial charge in [-0.3, -0.25) is 0 Å². The van der Waals surface area contributed by atoms with E-state index in [1.165, 1.54) is 18.4 Å². The minimum atomic E-state index is -2.84. The molecule has 1 unspecified atom stereocenters. The number of rotatable bonds is 4. The number of benzene rings is 1. The normalized spacial score (nSPS) is 25.3. The summed E-state index contributed by atoms with van der Waals surface area (Å²) in [5, 5.41) is 3.44. The second-order valence-corrected chi connectivity index (χ2v) is 9.01. The van der Waals surface area contributed by atoms with Crippen LogP contribution >= 0.6 is 15.9 Å². The Balaban J connectivity index is 1.60. The van der Waals surface area contributed by atoms with Gasteiger partial charge in [0.1, 0.15) is 11.9 Å². The first kappa shape index (κ1) is 15.3. The van der Waals surface area contributed by atoms with Crippen molar-refractivity contribution in [3.05, 3.63) is 28.2 Å². The van der Waals surface area contributed by atoms with Crippen molar-refractivity contribution in [3.63, 3.8) is 0 Å². The highest BCUT2D eigenvalue weighted by Crippen LogP contribution is 2.30. The molecule has 21 heavy (non-hydrogen) atoms. The number of halogens is 1. The number of piperidine rings is 1. The molecule has 2 heterocycles. The van der Waals surface area contributed by atoms with Crippen LogP contribution < -0.4 is 10.1 Å². The topological polar surface area (TPSA) is 55.4 Å². The molecule has 0 bridgehead atoms. The first-order valence-corrected chi connectivity index (χ1v) is 9.99. The van der Waals surface area contributed by atoms with E-state index in [9.17, 15) is 8.42 Å². The first-order valence-electron chi connectivity index (χ1n) is 7.38. The van der Waals surface area contributed by atoms with Gasteiger partial charge in [0.05, 0.1) is 16.0 Å². The molecule has 0 amide bonds. The van der Waals surface area contributed by atoms with Crippen molar-refractivity contribution in [1.82, 2.24) is 5.32 Å². The van der Waals surface area contributed by atoms with Gasteiger partial charge in [0.25, 0.3) is 0 Å². The summed E-state index contributed by atoms with van der Waals surface area (Å²) in [6.07, 6.45) is 3.41. The summed E-state index contributed by atoms with van der Waals surface area (Å²) in [5.41, 5.74) is 1.30. The lowest BCUT2D eigenvalue weighted by Crippen LogP contribution is -2.45. The number of sulfone groups is 1. The second-order valence-electron chi connectivity index (χ2n) is 6.00. The van der Waals surface area contributed by atoms with Gasteiger partial charge in [-0.15, -0.1) is 0 Å². The average Bonchev–Trinajstić information content (AvgIpc) is 2.41. The Morgan fingerprint density at radius 2 is 2.14 bits per heavy atom. The highest BCUT2D eigenvalue weighted by Gasteiger charge is 2.35. The van der Waals surface area contributed by atoms with Crippen LogP contribution in [0, 0.1) is 5.92 Å². The van der Waals surface area contributed by atoms with E-state index in [0.717, 1.165) is 29.7 Å². The summed E-state index contributed by atoms with van der Waals surface area (Å²) in [5.74, 6) is 1.71. The third-order valence-corrected chi connectivity index (χ3v) is 6.47. The van der Waals surface area contributed by atoms with Crippen molar-refractivity contribution in [2.45, 2.75) is 25.4 Å². The summed E-state index contributed by atoms with van der Waals surface area (Å²) < 4.78 is 28.9. The molecule has 2 aliphatic heterocycles. The molecular formula is C15H20BrNO3S. The molecule has 0 saturated carbocycles. The van der Waals surface area contributed by atoms with Crippen molar-refractivity contribution < 1.29 is 13.2 Å². The molecule has 1 N–H and O–H groups in total. The Kier molecular flexibility index (Phi) is 4.57. The van der Waals surface area contributed by atoms with Crippen LogP contribution in [0.4, 0.5) is 0 Å². The summed E-state index contributed by atoms with van der Waals surface area (Å²) in [6, 6.07) is 6.12. The lowest BCUT2D eigenvalue weighted by atomic mass is 9.92. The fraction of sp³-hybridized carbons (Fsp3) is 0.600. The largest absolute Gasteiger partial charge is 0.487 e. The standard InChI is InChI=1S/C15H20BrNO3S/c16-14-7-11(6-12-2-1-5-17-8-12)3-4-15(14)20-13-9-21(18,19)10-13/h3-4,7,12-13,17H,1-2,5-6,8-10H2. The SMILES string of the molecule is O=S1(=O)CC(Oc2ccc(CC3CCCNC3)cc2Br)C1. The third kappa shape index (κ3) is 3.99. The van der Waals surface area contributed by atoms with Gasteiger partial charge in [0.15, 0.2) is 9.84 Å². The maximum atomic E-state index is 11.2. The van der Waals surface area contributed by atoms with Crippen LogP contribution in [0.15, 0.2) is 22.7 Å². The Hall–Kier alpha value is -0.590. The van der Waals surface area contributed by atoms with Crippen molar-refractivity contribution in [3.8, 4) is 5.75 Å². The summed E-state index contributed by atoms with van der Waals surface area (Å²) in [6.45, 7) is 2.23. The van der Waals surface area contributed by atoms with Crippen LogP contribution in [-0.4, -0.2) is 39.1 Å². The Bertz CT molecular complexity index is 599. The van der Waals surface area contributed by atoms with Gasteiger partial charge in [0, 0.05) is 0 Å². The predicted molar refractivity (Wildman–Crippen MR) is 86.5 cm³/mol. The molecule has 4 nitrogen and oxygen atoms in total. The number of ether oxygens (including phenoxy) is 1. The smallest absolute Gasteiger partial charge is 0.157 e. The van der Waals surface area contributed by atoms with Crippen LogP contribution in [0.3, 0.4) is 0 Å². The highest BCUT2D eigenvalue weighted by atomic mass is 79.9. The zero-order valence-corrected chi connectivity index (χ0v) is 14.2. The molecule has 116 valence electrons. The maximum absolute atomic E-state index is 11.2. The van der Waals surface area contributed by atoms with Gasteiger partial charge in [0.2, 0.25) is 0 Å². The fourth-order valence-corrected chi connectivity index (χ4v) is 4.65. The number of hydrogen-bond donors (Lipinski definition) is 1. The van der Waals surface area contributed by atoms with E-state index in [-0.39, 0.29) is 17.6 Å². The molecule has 2 fully saturated rings. The van der Waals surface area contributed by atoms with E-state index in [4.69, 9.17) is 4.74 Å². The monoisotopic (exact) mass is 373 g/mol. The molecule has 0 aromatic heterocycles. The van der Waals surface area contributed by atoms with Crippen molar-refractivity contribution in [2.75, 3.05) is 24.6 Å². The molecule has 6 heteroatoms. The molecule has 1 aromatic rings. The van der Waals surface area contributed by atoms with Gasteiger partial charge in [-0.2, -0.15) is 0 Å². The van der Waals surface area contributed by atoms with E-state index in [1.807, 2.05) is 6.07 Å². The summed E-state index contributed by atoms with van der Waals surface area (Å²) in [4.78, 5) is 0. The Labute approximate surface area is 134 Å². The average molecular weight is 374 g/mol. The zero-order valence-electron chi connectivity index (χ0n) is 11.8. The third-order valence-electron chi connectivity index (χ3n) is 4.09. The molecule has 2 aliphatic rings. The Morgan fingerprint density at radius 3 is 2.76 bits per heavy atom. The van der Waals surface area contributed by atoms with Gasteiger partial charge < -0.3 is 10.1 Å². The van der Waals surface area contributed by atoms with Crippen molar-refractivity contribution in [1.29, 1.82) is 0 Å². The van der Waals surface area contributed by atoms with E-state index < -0.39 is 9.84 Å². The summed E-state index contributed by atoms with van der Waals surface area (Å²) in [7, 11) is -2.84. The maximum Gasteiger partial charge on any atom is 0.157 e. The number of nitrogens with one attached hydrogen (secondary N) is 1. The minimum Gasteiger partial charge on any atom is -0.487 e. The predicted octanol–water partition coefficient (Wildman–Crippen LogP) is 2.17. The molecule has 0 spiro atoms. The zero-order chi connectivity index (χ0) is 14.9. The van der Waals surface area contributed by atoms with Crippen LogP contribution in [-0.2, 0) is 16.3 Å². The Morgan fingerprint density at radius 1 is 1.33 bits per heavy atom. The molecular weight excluding hydrogens is 354 g/mol. The quantitative estimate of drug-likeness (QED) is 0.878. The molecule has 0 aliphatic carbocycles. The minimum absolute atomic E-state index is 0.134. The van der Waals surface area contributed by atoms with E-state index >= 15 is 0 Å². The molecule has 1 aromatic carbocycles. The van der Waals surface area contributed by atoms with Gasteiger partial charge in [-0.1, -0.05) is 6.07 Å². The van der Waals surface area contributed by atoms with Gasteiger partial charge >= 0.3 is 0 Å². The van der Waals surface area contributed by atoms with E-state index in [1.54, 1.807) is 0 Å².